The Morgan fingerprint density at radius 3 is 1.65 bits per heavy atom. The van der Waals surface area contributed by atoms with E-state index in [-0.39, 0.29) is 53.4 Å². The van der Waals surface area contributed by atoms with E-state index in [1.54, 1.807) is 37.3 Å². The molecule has 3 aliphatic carbocycles. The number of H-pyrrole nitrogens is 2. The first-order valence-electron chi connectivity index (χ1n) is 21.7. The molecule has 3 aliphatic rings. The minimum absolute atomic E-state index is 0. The predicted octanol–water partition coefficient (Wildman–Crippen LogP) is 7.42. The van der Waals surface area contributed by atoms with Crippen molar-refractivity contribution >= 4 is 64.8 Å². The van der Waals surface area contributed by atoms with Crippen LogP contribution in [0.3, 0.4) is 0 Å². The van der Waals surface area contributed by atoms with Crippen LogP contribution in [0.15, 0.2) is 82.4 Å². The Labute approximate surface area is 422 Å². The van der Waals surface area contributed by atoms with E-state index in [9.17, 15) is 29.7 Å². The number of aromatic nitrogens is 4. The first-order valence-corrected chi connectivity index (χ1v) is 22.8. The maximum Gasteiger partial charge on any atom is 0.316 e. The van der Waals surface area contributed by atoms with Crippen LogP contribution in [0.25, 0.3) is 0 Å². The summed E-state index contributed by atoms with van der Waals surface area (Å²) in [5.41, 5.74) is 14.6. The zero-order valence-corrected chi connectivity index (χ0v) is 42.1. The SMILES string of the molecule is CC(=N)N.CO.COC(=O)C1CC(C#N)(c2cccc(Cl)c2)CCC1=O.Cc1nc2c(c(=O)[nH]1)CC(C#N)(c1cccc(Cl)c1)CC2.Cc1nc2c(c(=O)[nH]1)CC(CN)(c1cccc(Cl)c1)CC2.Cl. The van der Waals surface area contributed by atoms with Crippen LogP contribution >= 0.6 is 47.2 Å². The van der Waals surface area contributed by atoms with Crippen LogP contribution in [0.5, 0.6) is 0 Å². The number of amidine groups is 1. The average molecular weight is 1020 g/mol. The Kier molecular flexibility index (Phi) is 21.3. The van der Waals surface area contributed by atoms with Gasteiger partial charge in [-0.25, -0.2) is 9.97 Å². The van der Waals surface area contributed by atoms with Gasteiger partial charge in [0.1, 0.15) is 23.3 Å². The Bertz CT molecular complexity index is 2830. The third kappa shape index (κ3) is 14.1. The van der Waals surface area contributed by atoms with Gasteiger partial charge in [0.15, 0.2) is 0 Å². The number of hydrogen-bond donors (Lipinski definition) is 6. The third-order valence-corrected chi connectivity index (χ3v) is 13.0. The summed E-state index contributed by atoms with van der Waals surface area (Å²) in [7, 11) is 2.25. The number of carbonyl (C=O) groups excluding carboxylic acids is 2. The van der Waals surface area contributed by atoms with Crippen molar-refractivity contribution in [3.63, 3.8) is 0 Å². The molecule has 2 heterocycles. The number of ketones is 1. The number of carbonyl (C=O) groups is 2. The summed E-state index contributed by atoms with van der Waals surface area (Å²) in [4.78, 5) is 62.3. The Hall–Kier alpha value is -5.91. The lowest BCUT2D eigenvalue weighted by molar-refractivity contribution is -0.151. The molecule has 0 aliphatic heterocycles. The van der Waals surface area contributed by atoms with Gasteiger partial charge < -0.3 is 31.3 Å². The average Bonchev–Trinajstić information content (AvgIpc) is 3.32. The van der Waals surface area contributed by atoms with Gasteiger partial charge >= 0.3 is 5.97 Å². The molecule has 15 nitrogen and oxygen atoms in total. The maximum absolute atomic E-state index is 12.2. The number of benzene rings is 3. The highest BCUT2D eigenvalue weighted by atomic mass is 35.5. The molecule has 0 radical (unpaired) electrons. The molecule has 0 saturated heterocycles. The minimum Gasteiger partial charge on any atom is -0.468 e. The summed E-state index contributed by atoms with van der Waals surface area (Å²) in [5, 5.41) is 34.4. The first-order chi connectivity index (χ1) is 32.3. The number of nitriles is 2. The number of halogens is 4. The van der Waals surface area contributed by atoms with E-state index >= 15 is 0 Å². The summed E-state index contributed by atoms with van der Waals surface area (Å²) >= 11 is 18.1. The van der Waals surface area contributed by atoms with Gasteiger partial charge in [0, 0.05) is 58.1 Å². The molecule has 0 spiro atoms. The maximum atomic E-state index is 12.2. The lowest BCUT2D eigenvalue weighted by Crippen LogP contribution is -2.43. The number of aliphatic hydroxyl groups excluding tert-OH is 1. The number of methoxy groups -OCH3 is 1. The molecule has 5 aromatic rings. The second-order valence-corrected chi connectivity index (χ2v) is 18.1. The molecule has 4 atom stereocenters. The van der Waals surface area contributed by atoms with Gasteiger partial charge in [-0.1, -0.05) is 71.2 Å². The zero-order valence-electron chi connectivity index (χ0n) is 39.1. The molecule has 1 fully saturated rings. The van der Waals surface area contributed by atoms with Crippen molar-refractivity contribution in [3.05, 3.63) is 159 Å². The summed E-state index contributed by atoms with van der Waals surface area (Å²) in [6.07, 6.45) is 4.65. The normalized spacial score (nSPS) is 20.6. The van der Waals surface area contributed by atoms with E-state index in [2.05, 4.69) is 36.8 Å². The zero-order chi connectivity index (χ0) is 50.4. The van der Waals surface area contributed by atoms with Gasteiger partial charge in [0.25, 0.3) is 11.1 Å². The van der Waals surface area contributed by atoms with Crippen LogP contribution < -0.4 is 22.6 Å². The standard InChI is InChI=1S/C16H18ClN3O.C16H14ClN3O.C15H14ClNO3.C2H6N2.CH4O.ClH/c2*1-10-19-14-5-6-16(9-18,8-13(14)15(21)20-10)11-3-2-4-12(17)7-11;1-20-14(19)12-8-15(9-17,6-5-13(12)18)10-3-2-4-11(16)7-10;1-2(3)4;1-2;/h2-4,7H,5-6,8-9,18H2,1H3,(H,19,20,21);2-4,7H,5-6,8H2,1H3,(H,19,20,21);2-4,7,12H,5-6,8H2,1H3;1H3,(H3,3,4);2H,1H3;1H. The highest BCUT2D eigenvalue weighted by Gasteiger charge is 2.45. The highest BCUT2D eigenvalue weighted by Crippen LogP contribution is 2.42. The van der Waals surface area contributed by atoms with Crippen LogP contribution in [-0.4, -0.2) is 63.4 Å². The van der Waals surface area contributed by atoms with Gasteiger partial charge in [-0.3, -0.25) is 24.6 Å². The largest absolute Gasteiger partial charge is 0.468 e. The van der Waals surface area contributed by atoms with Gasteiger partial charge in [-0.2, -0.15) is 10.5 Å². The molecule has 4 unspecified atom stereocenters. The summed E-state index contributed by atoms with van der Waals surface area (Å²) < 4.78 is 4.66. The summed E-state index contributed by atoms with van der Waals surface area (Å²) in [6, 6.07) is 26.8. The number of aromatic amines is 2. The molecule has 3 aromatic carbocycles. The van der Waals surface area contributed by atoms with Crippen molar-refractivity contribution < 1.29 is 19.4 Å². The number of aliphatic hydroxyl groups is 1. The monoisotopic (exact) mass is 1020 g/mol. The van der Waals surface area contributed by atoms with E-state index in [0.717, 1.165) is 53.6 Å². The number of nitrogens with one attached hydrogen (secondary N) is 3. The molecule has 0 amide bonds. The quantitative estimate of drug-likeness (QED) is 0.0434. The van der Waals surface area contributed by atoms with E-state index in [1.165, 1.54) is 14.0 Å². The van der Waals surface area contributed by atoms with Gasteiger partial charge in [-0.05, 0) is 119 Å². The van der Waals surface area contributed by atoms with Gasteiger partial charge in [-0.15, -0.1) is 12.4 Å². The van der Waals surface area contributed by atoms with Crippen LogP contribution in [0.1, 0.15) is 89.9 Å². The first kappa shape index (κ1) is 57.4. The highest BCUT2D eigenvalue weighted by molar-refractivity contribution is 6.31. The van der Waals surface area contributed by atoms with Crippen LogP contribution in [0, 0.1) is 47.8 Å². The number of Topliss-reactive ketones (excluding diaryl/α,β-unsaturated/α-hetero) is 1. The minimum atomic E-state index is -0.868. The second kappa shape index (κ2) is 25.6. The van der Waals surface area contributed by atoms with Crippen molar-refractivity contribution in [1.82, 2.24) is 19.9 Å². The summed E-state index contributed by atoms with van der Waals surface area (Å²) in [6.45, 7) is 5.59. The smallest absolute Gasteiger partial charge is 0.316 e. The van der Waals surface area contributed by atoms with Crippen LogP contribution in [-0.2, 0) is 56.3 Å². The Morgan fingerprint density at radius 2 is 1.20 bits per heavy atom. The molecule has 2 aromatic heterocycles. The number of esters is 1. The lowest BCUT2D eigenvalue weighted by atomic mass is 9.66. The van der Waals surface area contributed by atoms with E-state index in [0.29, 0.717) is 70.9 Å². The molecule has 1 saturated carbocycles. The number of nitrogens with two attached hydrogens (primary N) is 2. The second-order valence-electron chi connectivity index (χ2n) is 16.8. The number of aryl methyl sites for hydroxylation is 4. The Balaban J connectivity index is 0.000000257. The molecule has 0 bridgehead atoms. The van der Waals surface area contributed by atoms with Crippen LogP contribution in [0.2, 0.25) is 15.1 Å². The number of nitrogens with zero attached hydrogens (tertiary/aromatic N) is 4. The number of hydrogen-bond acceptors (Lipinski definition) is 12. The van der Waals surface area contributed by atoms with Gasteiger partial charge in [0.05, 0.1) is 47.3 Å². The molecular weight excluding hydrogens is 964 g/mol. The molecule has 366 valence electrons. The van der Waals surface area contributed by atoms with Crippen molar-refractivity contribution in [2.24, 2.45) is 17.4 Å². The van der Waals surface area contributed by atoms with Crippen molar-refractivity contribution in [2.45, 2.75) is 94.8 Å². The van der Waals surface area contributed by atoms with Crippen molar-refractivity contribution in [1.29, 1.82) is 15.9 Å². The molecule has 8 N–H and O–H groups in total. The van der Waals surface area contributed by atoms with E-state index in [1.807, 2.05) is 49.4 Å². The molecule has 19 heteroatoms. The molecule has 69 heavy (non-hydrogen) atoms. The number of fused-ring (bicyclic) bond motifs is 2. The molecule has 8 rings (SSSR count). The fourth-order valence-corrected chi connectivity index (χ4v) is 9.39. The number of ether oxygens (including phenoxy) is 1. The summed E-state index contributed by atoms with van der Waals surface area (Å²) in [5.74, 6) is -0.152. The topological polar surface area (TPSA) is 279 Å². The number of rotatable bonds is 5. The van der Waals surface area contributed by atoms with Gasteiger partial charge in [0.2, 0.25) is 0 Å². The molecular formula is C50H57Cl4N9O6. The third-order valence-electron chi connectivity index (χ3n) is 12.3. The predicted molar refractivity (Wildman–Crippen MR) is 270 cm³/mol. The van der Waals surface area contributed by atoms with E-state index in [4.69, 9.17) is 56.8 Å². The van der Waals surface area contributed by atoms with Crippen molar-refractivity contribution in [2.75, 3.05) is 20.8 Å². The fraction of sp³-hybridized carbons (Fsp3) is 0.380. The Morgan fingerprint density at radius 1 is 0.783 bits per heavy atom. The fourth-order valence-electron chi connectivity index (χ4n) is 8.82. The van der Waals surface area contributed by atoms with Crippen LogP contribution in [0.4, 0.5) is 0 Å². The lowest BCUT2D eigenvalue weighted by Gasteiger charge is -2.37. The van der Waals surface area contributed by atoms with Crippen molar-refractivity contribution in [3.8, 4) is 12.1 Å². The van der Waals surface area contributed by atoms with E-state index < -0.39 is 22.7 Å².